The average molecular weight is 267 g/mol. The van der Waals surface area contributed by atoms with Crippen LogP contribution in [-0.2, 0) is 4.74 Å². The van der Waals surface area contributed by atoms with Gasteiger partial charge in [-0.3, -0.25) is 0 Å². The number of nitrogens with one attached hydrogen (secondary N) is 1. The third-order valence-corrected chi connectivity index (χ3v) is 4.02. The number of likely N-dealkylation sites (N-methyl/N-ethyl adjacent to an activating group) is 1. The topological polar surface area (TPSA) is 21.3 Å². The van der Waals surface area contributed by atoms with E-state index in [1.807, 2.05) is 13.1 Å². The molecule has 0 aliphatic carbocycles. The molecule has 1 N–H and O–H groups in total. The fourth-order valence-corrected chi connectivity index (χ4v) is 2.95. The van der Waals surface area contributed by atoms with E-state index in [1.54, 1.807) is 0 Å². The Kier molecular flexibility index (Phi) is 4.14. The highest BCUT2D eigenvalue weighted by Crippen LogP contribution is 2.28. The second kappa shape index (κ2) is 6.21. The molecule has 1 heterocycles. The molecule has 0 spiro atoms. The first-order chi connectivity index (χ1) is 9.88. The van der Waals surface area contributed by atoms with Gasteiger partial charge in [-0.05, 0) is 36.6 Å². The number of rotatable bonds is 4. The molecule has 0 amide bonds. The van der Waals surface area contributed by atoms with Crippen LogP contribution in [0.2, 0.25) is 0 Å². The quantitative estimate of drug-likeness (QED) is 0.910. The van der Waals surface area contributed by atoms with Gasteiger partial charge in [0.1, 0.15) is 0 Å². The molecule has 1 aliphatic heterocycles. The van der Waals surface area contributed by atoms with E-state index >= 15 is 0 Å². The van der Waals surface area contributed by atoms with Crippen LogP contribution in [-0.4, -0.2) is 19.8 Å². The highest BCUT2D eigenvalue weighted by Gasteiger charge is 2.25. The summed E-state index contributed by atoms with van der Waals surface area (Å²) in [6.45, 7) is 0.894. The van der Waals surface area contributed by atoms with E-state index < -0.39 is 0 Å². The van der Waals surface area contributed by atoms with Crippen molar-refractivity contribution in [2.45, 2.75) is 25.0 Å². The summed E-state index contributed by atoms with van der Waals surface area (Å²) in [5.41, 5.74) is 3.83. The Morgan fingerprint density at radius 1 is 1.00 bits per heavy atom. The van der Waals surface area contributed by atoms with E-state index in [9.17, 15) is 0 Å². The van der Waals surface area contributed by atoms with E-state index in [1.165, 1.54) is 23.1 Å². The van der Waals surface area contributed by atoms with Crippen molar-refractivity contribution in [1.29, 1.82) is 0 Å². The first-order valence-corrected chi connectivity index (χ1v) is 7.33. The lowest BCUT2D eigenvalue weighted by Gasteiger charge is -2.23. The monoisotopic (exact) mass is 267 g/mol. The SMILES string of the molecule is CNC(c1ccc(-c2ccccc2)cc1)C1CCCO1. The summed E-state index contributed by atoms with van der Waals surface area (Å²) in [6.07, 6.45) is 2.62. The van der Waals surface area contributed by atoms with E-state index in [2.05, 4.69) is 53.8 Å². The zero-order chi connectivity index (χ0) is 13.8. The van der Waals surface area contributed by atoms with E-state index in [0.717, 1.165) is 13.0 Å². The molecule has 2 aromatic rings. The highest BCUT2D eigenvalue weighted by molar-refractivity contribution is 5.63. The third kappa shape index (κ3) is 2.77. The van der Waals surface area contributed by atoms with E-state index in [0.29, 0.717) is 12.1 Å². The Balaban J connectivity index is 1.81. The normalized spacial score (nSPS) is 19.9. The second-order valence-corrected chi connectivity index (χ2v) is 5.31. The maximum Gasteiger partial charge on any atom is 0.0770 e. The maximum absolute atomic E-state index is 5.81. The van der Waals surface area contributed by atoms with E-state index in [4.69, 9.17) is 4.74 Å². The number of ether oxygens (including phenoxy) is 1. The van der Waals surface area contributed by atoms with Crippen LogP contribution in [0.5, 0.6) is 0 Å². The molecule has 0 saturated carbocycles. The summed E-state index contributed by atoms with van der Waals surface area (Å²) in [4.78, 5) is 0. The van der Waals surface area contributed by atoms with Crippen molar-refractivity contribution in [3.05, 3.63) is 60.2 Å². The van der Waals surface area contributed by atoms with Crippen molar-refractivity contribution in [3.63, 3.8) is 0 Å². The molecule has 2 aromatic carbocycles. The van der Waals surface area contributed by atoms with Crippen LogP contribution in [0.15, 0.2) is 54.6 Å². The Morgan fingerprint density at radius 3 is 2.30 bits per heavy atom. The fraction of sp³-hybridized carbons (Fsp3) is 0.333. The minimum Gasteiger partial charge on any atom is -0.376 e. The summed E-state index contributed by atoms with van der Waals surface area (Å²) >= 11 is 0. The molecule has 0 aromatic heterocycles. The fourth-order valence-electron chi connectivity index (χ4n) is 2.95. The van der Waals surface area contributed by atoms with Crippen LogP contribution in [0.25, 0.3) is 11.1 Å². The summed E-state index contributed by atoms with van der Waals surface area (Å²) in [6, 6.07) is 19.6. The average Bonchev–Trinajstić information content (AvgIpc) is 3.04. The maximum atomic E-state index is 5.81. The van der Waals surface area contributed by atoms with Crippen molar-refractivity contribution in [3.8, 4) is 11.1 Å². The van der Waals surface area contributed by atoms with Crippen LogP contribution >= 0.6 is 0 Å². The smallest absolute Gasteiger partial charge is 0.0770 e. The Morgan fingerprint density at radius 2 is 1.70 bits per heavy atom. The zero-order valence-electron chi connectivity index (χ0n) is 11.9. The number of hydrogen-bond acceptors (Lipinski definition) is 2. The lowest BCUT2D eigenvalue weighted by atomic mass is 9.97. The summed E-state index contributed by atoms with van der Waals surface area (Å²) in [7, 11) is 2.01. The molecule has 104 valence electrons. The molecule has 0 radical (unpaired) electrons. The van der Waals surface area contributed by atoms with Gasteiger partial charge in [-0.1, -0.05) is 54.6 Å². The zero-order valence-corrected chi connectivity index (χ0v) is 11.9. The van der Waals surface area contributed by atoms with E-state index in [-0.39, 0.29) is 0 Å². The molecule has 2 unspecified atom stereocenters. The standard InChI is InChI=1S/C18H21NO/c1-19-18(17-8-5-13-20-17)16-11-9-15(10-12-16)14-6-3-2-4-7-14/h2-4,6-7,9-12,17-19H,5,8,13H2,1H3. The predicted octanol–water partition coefficient (Wildman–Crippen LogP) is 3.79. The van der Waals surface area contributed by atoms with Gasteiger partial charge in [0.05, 0.1) is 12.1 Å². The van der Waals surface area contributed by atoms with Crippen molar-refractivity contribution >= 4 is 0 Å². The van der Waals surface area contributed by atoms with Gasteiger partial charge in [0.2, 0.25) is 0 Å². The second-order valence-electron chi connectivity index (χ2n) is 5.31. The Hall–Kier alpha value is -1.64. The lowest BCUT2D eigenvalue weighted by Crippen LogP contribution is -2.28. The molecule has 20 heavy (non-hydrogen) atoms. The van der Waals surface area contributed by atoms with Gasteiger partial charge in [0, 0.05) is 6.61 Å². The highest BCUT2D eigenvalue weighted by atomic mass is 16.5. The predicted molar refractivity (Wildman–Crippen MR) is 82.7 cm³/mol. The molecule has 2 heteroatoms. The molecule has 2 atom stereocenters. The van der Waals surface area contributed by atoms with Gasteiger partial charge in [0.15, 0.2) is 0 Å². The van der Waals surface area contributed by atoms with Crippen molar-refractivity contribution < 1.29 is 4.74 Å². The van der Waals surface area contributed by atoms with Crippen LogP contribution in [0.4, 0.5) is 0 Å². The van der Waals surface area contributed by atoms with Crippen LogP contribution in [0.1, 0.15) is 24.4 Å². The van der Waals surface area contributed by atoms with Gasteiger partial charge in [-0.15, -0.1) is 0 Å². The van der Waals surface area contributed by atoms with Crippen molar-refractivity contribution in [2.75, 3.05) is 13.7 Å². The molecule has 1 aliphatic rings. The van der Waals surface area contributed by atoms with Crippen LogP contribution in [0.3, 0.4) is 0 Å². The summed E-state index contributed by atoms with van der Waals surface area (Å²) in [5, 5.41) is 3.39. The molecular weight excluding hydrogens is 246 g/mol. The van der Waals surface area contributed by atoms with Crippen molar-refractivity contribution in [2.24, 2.45) is 0 Å². The third-order valence-electron chi connectivity index (χ3n) is 4.02. The molecule has 0 bridgehead atoms. The van der Waals surface area contributed by atoms with Gasteiger partial charge in [0.25, 0.3) is 0 Å². The van der Waals surface area contributed by atoms with Gasteiger partial charge >= 0.3 is 0 Å². The molecular formula is C18H21NO. The minimum atomic E-state index is 0.294. The molecule has 1 fully saturated rings. The minimum absolute atomic E-state index is 0.294. The number of hydrogen-bond donors (Lipinski definition) is 1. The summed E-state index contributed by atoms with van der Waals surface area (Å²) in [5.74, 6) is 0. The van der Waals surface area contributed by atoms with Gasteiger partial charge in [-0.2, -0.15) is 0 Å². The molecule has 1 saturated heterocycles. The summed E-state index contributed by atoms with van der Waals surface area (Å²) < 4.78 is 5.81. The van der Waals surface area contributed by atoms with Crippen molar-refractivity contribution in [1.82, 2.24) is 5.32 Å². The first-order valence-electron chi connectivity index (χ1n) is 7.33. The Bertz CT molecular complexity index is 529. The lowest BCUT2D eigenvalue weighted by molar-refractivity contribution is 0.0808. The largest absolute Gasteiger partial charge is 0.376 e. The van der Waals surface area contributed by atoms with Gasteiger partial charge < -0.3 is 10.1 Å². The molecule has 3 rings (SSSR count). The molecule has 2 nitrogen and oxygen atoms in total. The number of benzene rings is 2. The first kappa shape index (κ1) is 13.3. The van der Waals surface area contributed by atoms with Crippen LogP contribution in [0, 0.1) is 0 Å². The Labute approximate surface area is 120 Å². The van der Waals surface area contributed by atoms with Crippen LogP contribution < -0.4 is 5.32 Å². The van der Waals surface area contributed by atoms with Gasteiger partial charge in [-0.25, -0.2) is 0 Å².